The highest BCUT2D eigenvalue weighted by Gasteiger charge is 2.10. The van der Waals surface area contributed by atoms with Crippen LogP contribution in [0.5, 0.6) is 5.75 Å². The van der Waals surface area contributed by atoms with Crippen LogP contribution in [-0.4, -0.2) is 21.1 Å². The summed E-state index contributed by atoms with van der Waals surface area (Å²) in [7, 11) is 0. The molecule has 0 saturated heterocycles. The Labute approximate surface area is 145 Å². The first kappa shape index (κ1) is 16.5. The summed E-state index contributed by atoms with van der Waals surface area (Å²) in [5.74, 6) is 0.713. The molecule has 3 rings (SSSR count). The van der Waals surface area contributed by atoms with Gasteiger partial charge in [0.2, 0.25) is 0 Å². The summed E-state index contributed by atoms with van der Waals surface area (Å²) in [5, 5.41) is 9.28. The average Bonchev–Trinajstić information content (AvgIpc) is 3.12. The van der Waals surface area contributed by atoms with E-state index in [1.54, 1.807) is 25.5 Å². The van der Waals surface area contributed by atoms with Gasteiger partial charge in [0.15, 0.2) is 0 Å². The van der Waals surface area contributed by atoms with Crippen LogP contribution in [0.1, 0.15) is 17.7 Å². The van der Waals surface area contributed by atoms with Crippen LogP contribution in [0.15, 0.2) is 53.8 Å². The lowest BCUT2D eigenvalue weighted by molar-refractivity contribution is 0.302. The Morgan fingerprint density at radius 2 is 2.24 bits per heavy atom. The molecule has 0 bridgehead atoms. The lowest BCUT2D eigenvalue weighted by Crippen LogP contribution is -2.12. The maximum Gasteiger partial charge on any atom is 0.266 e. The highest BCUT2D eigenvalue weighted by molar-refractivity contribution is 5.71. The predicted molar refractivity (Wildman–Crippen MR) is 94.3 cm³/mol. The number of pyridine rings is 1. The normalized spacial score (nSPS) is 10.4. The Hall–Kier alpha value is -3.33. The monoisotopic (exact) mass is 334 g/mol. The fraction of sp³-hybridized carbons (Fsp3) is 0.211. The molecule has 0 spiro atoms. The second kappa shape index (κ2) is 7.49. The zero-order chi connectivity index (χ0) is 17.6. The molecule has 0 aliphatic carbocycles. The number of benzene rings is 1. The van der Waals surface area contributed by atoms with E-state index in [4.69, 9.17) is 4.74 Å². The molecule has 0 aliphatic heterocycles. The number of nitrogens with zero attached hydrogens (tertiary/aromatic N) is 3. The summed E-state index contributed by atoms with van der Waals surface area (Å²) in [6.45, 7) is 3.20. The number of ether oxygens (including phenoxy) is 1. The molecule has 0 unspecified atom stereocenters. The average molecular weight is 334 g/mol. The minimum Gasteiger partial charge on any atom is -0.494 e. The molecular formula is C19H18N4O2. The smallest absolute Gasteiger partial charge is 0.266 e. The van der Waals surface area contributed by atoms with Crippen LogP contribution in [0.3, 0.4) is 0 Å². The van der Waals surface area contributed by atoms with Crippen molar-refractivity contribution < 1.29 is 4.74 Å². The van der Waals surface area contributed by atoms with Crippen LogP contribution in [0.4, 0.5) is 0 Å². The third-order valence-electron chi connectivity index (χ3n) is 3.81. The first-order chi connectivity index (χ1) is 12.2. The second-order valence-electron chi connectivity index (χ2n) is 5.71. The van der Waals surface area contributed by atoms with Gasteiger partial charge in [-0.1, -0.05) is 12.1 Å². The SMILES string of the molecule is Cc1cc(-c2cccc(OCCCn3ccnc3)c2)c(C#N)c(=O)[nH]1. The number of imidazole rings is 1. The van der Waals surface area contributed by atoms with Crippen molar-refractivity contribution in [3.8, 4) is 22.9 Å². The van der Waals surface area contributed by atoms with Crippen LogP contribution in [0.25, 0.3) is 11.1 Å². The lowest BCUT2D eigenvalue weighted by Gasteiger charge is -2.10. The molecule has 6 heteroatoms. The van der Waals surface area contributed by atoms with Gasteiger partial charge in [-0.25, -0.2) is 4.98 Å². The molecule has 3 aromatic rings. The summed E-state index contributed by atoms with van der Waals surface area (Å²) in [6, 6.07) is 11.2. The summed E-state index contributed by atoms with van der Waals surface area (Å²) >= 11 is 0. The van der Waals surface area contributed by atoms with Crippen molar-refractivity contribution in [1.29, 1.82) is 5.26 Å². The third kappa shape index (κ3) is 3.96. The molecule has 1 N–H and O–H groups in total. The van der Waals surface area contributed by atoms with E-state index in [9.17, 15) is 10.1 Å². The number of H-pyrrole nitrogens is 1. The number of hydrogen-bond acceptors (Lipinski definition) is 4. The fourth-order valence-electron chi connectivity index (χ4n) is 2.64. The van der Waals surface area contributed by atoms with E-state index < -0.39 is 0 Å². The Morgan fingerprint density at radius 1 is 1.36 bits per heavy atom. The summed E-state index contributed by atoms with van der Waals surface area (Å²) < 4.78 is 7.80. The fourth-order valence-corrected chi connectivity index (χ4v) is 2.64. The maximum absolute atomic E-state index is 12.0. The molecule has 0 radical (unpaired) electrons. The Bertz CT molecular complexity index is 952. The zero-order valence-electron chi connectivity index (χ0n) is 13.9. The molecule has 0 atom stereocenters. The van der Waals surface area contributed by atoms with Gasteiger partial charge in [-0.3, -0.25) is 4.79 Å². The van der Waals surface area contributed by atoms with Crippen molar-refractivity contribution >= 4 is 0 Å². The number of aryl methyl sites for hydroxylation is 2. The summed E-state index contributed by atoms with van der Waals surface area (Å²) in [5.41, 5.74) is 1.86. The first-order valence-corrected chi connectivity index (χ1v) is 8.00. The van der Waals surface area contributed by atoms with Gasteiger partial charge in [-0.05, 0) is 37.1 Å². The summed E-state index contributed by atoms with van der Waals surface area (Å²) in [6.07, 6.45) is 6.30. The van der Waals surface area contributed by atoms with Crippen molar-refractivity contribution in [1.82, 2.24) is 14.5 Å². The van der Waals surface area contributed by atoms with Crippen LogP contribution >= 0.6 is 0 Å². The topological polar surface area (TPSA) is 83.7 Å². The van der Waals surface area contributed by atoms with E-state index in [0.29, 0.717) is 23.6 Å². The van der Waals surface area contributed by atoms with E-state index in [0.717, 1.165) is 18.5 Å². The molecule has 126 valence electrons. The molecular weight excluding hydrogens is 316 g/mol. The first-order valence-electron chi connectivity index (χ1n) is 8.00. The van der Waals surface area contributed by atoms with E-state index >= 15 is 0 Å². The van der Waals surface area contributed by atoms with Gasteiger partial charge < -0.3 is 14.3 Å². The van der Waals surface area contributed by atoms with Gasteiger partial charge in [0.05, 0.1) is 12.9 Å². The van der Waals surface area contributed by atoms with Crippen molar-refractivity contribution in [3.05, 3.63) is 70.7 Å². The number of aromatic amines is 1. The van der Waals surface area contributed by atoms with Crippen molar-refractivity contribution in [2.24, 2.45) is 0 Å². The van der Waals surface area contributed by atoms with Crippen LogP contribution in [0, 0.1) is 18.3 Å². The maximum atomic E-state index is 12.0. The lowest BCUT2D eigenvalue weighted by atomic mass is 10.0. The quantitative estimate of drug-likeness (QED) is 0.703. The minimum atomic E-state index is -0.371. The van der Waals surface area contributed by atoms with Crippen molar-refractivity contribution in [3.63, 3.8) is 0 Å². The second-order valence-corrected chi connectivity index (χ2v) is 5.71. The molecule has 1 aromatic carbocycles. The van der Waals surface area contributed by atoms with Gasteiger partial charge in [0, 0.05) is 30.2 Å². The number of nitrogens with one attached hydrogen (secondary N) is 1. The van der Waals surface area contributed by atoms with Gasteiger partial charge in [-0.15, -0.1) is 0 Å². The number of hydrogen-bond donors (Lipinski definition) is 1. The highest BCUT2D eigenvalue weighted by Crippen LogP contribution is 2.25. The standard InChI is InChI=1S/C19H18N4O2/c1-14-10-17(18(12-20)19(24)22-14)15-4-2-5-16(11-15)25-9-3-7-23-8-6-21-13-23/h2,4-6,8,10-11,13H,3,7,9H2,1H3,(H,22,24). The van der Waals surface area contributed by atoms with Crippen LogP contribution in [0.2, 0.25) is 0 Å². The third-order valence-corrected chi connectivity index (χ3v) is 3.81. The van der Waals surface area contributed by atoms with Crippen LogP contribution < -0.4 is 10.3 Å². The molecule has 0 amide bonds. The molecule has 0 aliphatic rings. The van der Waals surface area contributed by atoms with Gasteiger partial charge >= 0.3 is 0 Å². The summed E-state index contributed by atoms with van der Waals surface area (Å²) in [4.78, 5) is 18.6. The van der Waals surface area contributed by atoms with E-state index in [-0.39, 0.29) is 11.1 Å². The Balaban J connectivity index is 1.74. The highest BCUT2D eigenvalue weighted by atomic mass is 16.5. The van der Waals surface area contributed by atoms with Crippen molar-refractivity contribution in [2.45, 2.75) is 19.9 Å². The Kier molecular flexibility index (Phi) is 4.95. The van der Waals surface area contributed by atoms with Gasteiger partial charge in [0.1, 0.15) is 17.4 Å². The molecule has 0 fully saturated rings. The molecule has 2 aromatic heterocycles. The van der Waals surface area contributed by atoms with Gasteiger partial charge in [0.25, 0.3) is 5.56 Å². The van der Waals surface area contributed by atoms with E-state index in [1.165, 1.54) is 0 Å². The molecule has 0 saturated carbocycles. The number of nitriles is 1. The van der Waals surface area contributed by atoms with E-state index in [2.05, 4.69) is 9.97 Å². The molecule has 2 heterocycles. The number of aromatic nitrogens is 3. The minimum absolute atomic E-state index is 0.114. The zero-order valence-corrected chi connectivity index (χ0v) is 13.9. The largest absolute Gasteiger partial charge is 0.494 e. The number of rotatable bonds is 6. The predicted octanol–water partition coefficient (Wildman–Crippen LogP) is 2.89. The van der Waals surface area contributed by atoms with Crippen molar-refractivity contribution in [2.75, 3.05) is 6.61 Å². The Morgan fingerprint density at radius 3 is 3.00 bits per heavy atom. The molecule has 25 heavy (non-hydrogen) atoms. The van der Waals surface area contributed by atoms with Crippen LogP contribution in [-0.2, 0) is 6.54 Å². The van der Waals surface area contributed by atoms with E-state index in [1.807, 2.05) is 41.1 Å². The van der Waals surface area contributed by atoms with Gasteiger partial charge in [-0.2, -0.15) is 5.26 Å². The molecule has 6 nitrogen and oxygen atoms in total.